The lowest BCUT2D eigenvalue weighted by atomic mass is 10.0. The van der Waals surface area contributed by atoms with Gasteiger partial charge in [0, 0.05) is 41.8 Å². The normalized spacial score (nSPS) is 13.2. The second-order valence-corrected chi connectivity index (χ2v) is 11.4. The van der Waals surface area contributed by atoms with Crippen molar-refractivity contribution in [2.24, 2.45) is 0 Å². The molecule has 12 heteroatoms. The number of pyridine rings is 1. The topological polar surface area (TPSA) is 183 Å². The highest BCUT2D eigenvalue weighted by Crippen LogP contribution is 2.24. The molecule has 11 nitrogen and oxygen atoms in total. The Morgan fingerprint density at radius 3 is 2.50 bits per heavy atom. The summed E-state index contributed by atoms with van der Waals surface area (Å²) >= 11 is 0. The fourth-order valence-corrected chi connectivity index (χ4v) is 5.22. The van der Waals surface area contributed by atoms with Crippen molar-refractivity contribution < 1.29 is 23.4 Å². The van der Waals surface area contributed by atoms with Crippen LogP contribution in [0.3, 0.4) is 0 Å². The van der Waals surface area contributed by atoms with Crippen molar-refractivity contribution >= 4 is 32.7 Å². The molecule has 4 rings (SSSR count). The molecule has 0 saturated heterocycles. The number of benzene rings is 2. The van der Waals surface area contributed by atoms with Crippen molar-refractivity contribution in [1.29, 1.82) is 5.26 Å². The zero-order valence-electron chi connectivity index (χ0n) is 22.0. The Bertz CT molecular complexity index is 1690. The molecule has 0 aliphatic carbocycles. The van der Waals surface area contributed by atoms with Crippen molar-refractivity contribution in [3.8, 4) is 6.07 Å². The van der Waals surface area contributed by atoms with Crippen LogP contribution in [0.25, 0.3) is 10.9 Å². The van der Waals surface area contributed by atoms with Gasteiger partial charge in [0.1, 0.15) is 17.6 Å². The summed E-state index contributed by atoms with van der Waals surface area (Å²) in [7, 11) is -2.22. The van der Waals surface area contributed by atoms with E-state index in [9.17, 15) is 23.4 Å². The van der Waals surface area contributed by atoms with E-state index in [0.29, 0.717) is 12.0 Å². The molecule has 6 N–H and O–H groups in total. The van der Waals surface area contributed by atoms with Gasteiger partial charge in [0.2, 0.25) is 10.0 Å². The van der Waals surface area contributed by atoms with Crippen LogP contribution in [0.2, 0.25) is 0 Å². The van der Waals surface area contributed by atoms with E-state index in [1.165, 1.54) is 31.4 Å². The summed E-state index contributed by atoms with van der Waals surface area (Å²) in [5.74, 6) is -0.944. The molecule has 2 atom stereocenters. The van der Waals surface area contributed by atoms with Crippen molar-refractivity contribution in [2.75, 3.05) is 19.3 Å². The quantitative estimate of drug-likeness (QED) is 0.183. The van der Waals surface area contributed by atoms with E-state index in [0.717, 1.165) is 22.0 Å². The number of hydrogen-bond donors (Lipinski definition) is 5. The average molecular weight is 563 g/mol. The van der Waals surface area contributed by atoms with E-state index in [4.69, 9.17) is 11.0 Å². The van der Waals surface area contributed by atoms with Gasteiger partial charge in [-0.1, -0.05) is 18.2 Å². The number of nitrogens with two attached hydrogens (primary N) is 1. The number of aromatic nitrogens is 2. The molecule has 0 aliphatic rings. The zero-order chi connectivity index (χ0) is 29.0. The second kappa shape index (κ2) is 11.8. The summed E-state index contributed by atoms with van der Waals surface area (Å²) in [6.45, 7) is 2.48. The van der Waals surface area contributed by atoms with E-state index in [1.807, 2.05) is 31.2 Å². The number of hydrogen-bond acceptors (Lipinski definition) is 8. The van der Waals surface area contributed by atoms with Gasteiger partial charge in [0.05, 0.1) is 16.6 Å². The molecule has 4 aromatic rings. The van der Waals surface area contributed by atoms with Gasteiger partial charge in [-0.05, 0) is 67.9 Å². The Morgan fingerprint density at radius 2 is 1.85 bits per heavy atom. The molecule has 2 aromatic carbocycles. The highest BCUT2D eigenvalue weighted by Gasteiger charge is 2.18. The van der Waals surface area contributed by atoms with Crippen molar-refractivity contribution in [3.05, 3.63) is 88.7 Å². The maximum atomic E-state index is 12.0. The number of rotatable bonds is 11. The van der Waals surface area contributed by atoms with Crippen LogP contribution in [0.5, 0.6) is 0 Å². The smallest absolute Gasteiger partial charge is 0.352 e. The Hall–Kier alpha value is -4.28. The number of sulfonamides is 1. The standard InChI is InChI=1S/C28H30N6O5S/c1-17(32-15-26(35)22-11-21(13-29)27(30)33-14-22)9-19-5-8-24-20(10-19)12-25(28(36)37)34(24)16-18-3-6-23(7-4-18)40(38,39)31-2/h3-8,10-12,14,17,26,31-32,35H,9,15-16H2,1-2H3,(H2,30,33)(H,36,37). The number of fused-ring (bicyclic) bond motifs is 1. The number of aliphatic hydroxyl groups is 1. The Balaban J connectivity index is 1.47. The van der Waals surface area contributed by atoms with Crippen LogP contribution in [0.15, 0.2) is 65.7 Å². The van der Waals surface area contributed by atoms with Crippen LogP contribution in [-0.2, 0) is 23.0 Å². The molecule has 0 saturated carbocycles. The number of nitrogens with one attached hydrogen (secondary N) is 2. The first-order valence-electron chi connectivity index (χ1n) is 12.5. The SMILES string of the molecule is CNS(=O)(=O)c1ccc(Cn2c(C(=O)O)cc3cc(CC(C)NCC(O)c4cnc(N)c(C#N)c4)ccc32)cc1. The van der Waals surface area contributed by atoms with E-state index in [2.05, 4.69) is 15.0 Å². The third kappa shape index (κ3) is 6.30. The van der Waals surface area contributed by atoms with Crippen LogP contribution in [0, 0.1) is 11.3 Å². The molecule has 0 spiro atoms. The highest BCUT2D eigenvalue weighted by atomic mass is 32.2. The van der Waals surface area contributed by atoms with Gasteiger partial charge in [-0.25, -0.2) is 22.9 Å². The van der Waals surface area contributed by atoms with Crippen LogP contribution in [0.4, 0.5) is 5.82 Å². The number of carbonyl (C=O) groups is 1. The maximum Gasteiger partial charge on any atom is 0.352 e. The van der Waals surface area contributed by atoms with Crippen molar-refractivity contribution in [3.63, 3.8) is 0 Å². The highest BCUT2D eigenvalue weighted by molar-refractivity contribution is 7.89. The van der Waals surface area contributed by atoms with Gasteiger partial charge >= 0.3 is 5.97 Å². The minimum Gasteiger partial charge on any atom is -0.477 e. The summed E-state index contributed by atoms with van der Waals surface area (Å²) in [4.78, 5) is 16.1. The molecule has 40 heavy (non-hydrogen) atoms. The number of carboxylic acid groups (broad SMARTS) is 1. The predicted molar refractivity (Wildman–Crippen MR) is 150 cm³/mol. The molecule has 2 aromatic heterocycles. The zero-order valence-corrected chi connectivity index (χ0v) is 22.8. The monoisotopic (exact) mass is 562 g/mol. The van der Waals surface area contributed by atoms with E-state index in [1.54, 1.807) is 22.8 Å². The van der Waals surface area contributed by atoms with Crippen molar-refractivity contribution in [2.45, 2.75) is 36.9 Å². The minimum atomic E-state index is -3.56. The Morgan fingerprint density at radius 1 is 1.15 bits per heavy atom. The first-order chi connectivity index (χ1) is 19.0. The average Bonchev–Trinajstić information content (AvgIpc) is 3.30. The largest absolute Gasteiger partial charge is 0.477 e. The molecule has 2 unspecified atom stereocenters. The van der Waals surface area contributed by atoms with E-state index < -0.39 is 22.1 Å². The number of carboxylic acids is 1. The van der Waals surface area contributed by atoms with Crippen LogP contribution >= 0.6 is 0 Å². The van der Waals surface area contributed by atoms with E-state index >= 15 is 0 Å². The summed E-state index contributed by atoms with van der Waals surface area (Å²) < 4.78 is 28.0. The van der Waals surface area contributed by atoms with Gasteiger partial charge in [-0.15, -0.1) is 0 Å². The first kappa shape index (κ1) is 28.7. The third-order valence-electron chi connectivity index (χ3n) is 6.67. The number of nitrogen functional groups attached to an aromatic ring is 1. The molecule has 0 bridgehead atoms. The van der Waals surface area contributed by atoms with Crippen molar-refractivity contribution in [1.82, 2.24) is 19.6 Å². The van der Waals surface area contributed by atoms with Gasteiger partial charge in [-0.3, -0.25) is 0 Å². The molecular formula is C28H30N6O5S. The third-order valence-corrected chi connectivity index (χ3v) is 8.10. The number of nitriles is 1. The maximum absolute atomic E-state index is 12.0. The summed E-state index contributed by atoms with van der Waals surface area (Å²) in [5.41, 5.74) is 8.97. The fraction of sp³-hybridized carbons (Fsp3) is 0.250. The van der Waals surface area contributed by atoms with Gasteiger partial charge < -0.3 is 25.8 Å². The Kier molecular flexibility index (Phi) is 8.51. The lowest BCUT2D eigenvalue weighted by Crippen LogP contribution is -2.32. The lowest BCUT2D eigenvalue weighted by molar-refractivity contribution is 0.0686. The minimum absolute atomic E-state index is 0.0160. The van der Waals surface area contributed by atoms with Crippen LogP contribution in [0.1, 0.15) is 45.8 Å². The predicted octanol–water partition coefficient (Wildman–Crippen LogP) is 2.40. The number of anilines is 1. The van der Waals surface area contributed by atoms with Crippen LogP contribution < -0.4 is 15.8 Å². The molecule has 0 fully saturated rings. The summed E-state index contributed by atoms with van der Waals surface area (Å²) in [6.07, 6.45) is 1.20. The van der Waals surface area contributed by atoms with Gasteiger partial charge in [-0.2, -0.15) is 5.26 Å². The molecule has 0 radical (unpaired) electrons. The lowest BCUT2D eigenvalue weighted by Gasteiger charge is -2.18. The van der Waals surface area contributed by atoms with Crippen LogP contribution in [-0.4, -0.2) is 53.8 Å². The molecular weight excluding hydrogens is 532 g/mol. The van der Waals surface area contributed by atoms with E-state index in [-0.39, 0.29) is 41.1 Å². The Labute approximate surface area is 231 Å². The molecule has 2 heterocycles. The molecule has 0 aliphatic heterocycles. The summed E-state index contributed by atoms with van der Waals surface area (Å²) in [6, 6.07) is 17.2. The summed E-state index contributed by atoms with van der Waals surface area (Å²) in [5, 5.41) is 33.5. The van der Waals surface area contributed by atoms with Gasteiger partial charge in [0.25, 0.3) is 0 Å². The number of nitrogens with zero attached hydrogens (tertiary/aromatic N) is 3. The fourth-order valence-electron chi connectivity index (χ4n) is 4.49. The number of aromatic carboxylic acids is 1. The molecule has 0 amide bonds. The number of aliphatic hydroxyl groups excluding tert-OH is 1. The first-order valence-corrected chi connectivity index (χ1v) is 14.0. The second-order valence-electron chi connectivity index (χ2n) is 9.51. The molecule has 208 valence electrons. The van der Waals surface area contributed by atoms with Gasteiger partial charge in [0.15, 0.2) is 0 Å².